The molecule has 0 aliphatic rings. The molecule has 0 aromatic heterocycles. The Morgan fingerprint density at radius 1 is 1.10 bits per heavy atom. The van der Waals surface area contributed by atoms with Crippen molar-refractivity contribution >= 4 is 17.9 Å². The molecule has 2 aromatic carbocycles. The van der Waals surface area contributed by atoms with Crippen LogP contribution in [0.3, 0.4) is 0 Å². The fourth-order valence-electron chi connectivity index (χ4n) is 1.70. The molecule has 0 spiro atoms. The van der Waals surface area contributed by atoms with Crippen LogP contribution in [0.4, 0.5) is 10.5 Å². The summed E-state index contributed by atoms with van der Waals surface area (Å²) in [7, 11) is 1.59. The lowest BCUT2D eigenvalue weighted by Gasteiger charge is -2.06. The monoisotopic (exact) mass is 283 g/mol. The molecule has 4 nitrogen and oxygen atoms in total. The van der Waals surface area contributed by atoms with E-state index in [9.17, 15) is 4.79 Å². The standard InChI is InChI=1S/C17H17NO3/c1-20-16-11-9-15(10-12-16)18-17(19)21-13-5-8-14-6-3-2-4-7-14/h2-12H,13H2,1H3,(H,18,19)/b8-5+. The van der Waals surface area contributed by atoms with Crippen molar-refractivity contribution in [3.05, 3.63) is 66.2 Å². The van der Waals surface area contributed by atoms with Crippen LogP contribution in [-0.2, 0) is 4.74 Å². The smallest absolute Gasteiger partial charge is 0.411 e. The quantitative estimate of drug-likeness (QED) is 0.903. The maximum atomic E-state index is 11.6. The number of rotatable bonds is 5. The van der Waals surface area contributed by atoms with E-state index in [4.69, 9.17) is 9.47 Å². The van der Waals surface area contributed by atoms with Crippen molar-refractivity contribution in [1.82, 2.24) is 0 Å². The lowest BCUT2D eigenvalue weighted by Crippen LogP contribution is -2.13. The third-order valence-corrected chi connectivity index (χ3v) is 2.76. The highest BCUT2D eigenvalue weighted by molar-refractivity contribution is 5.84. The molecule has 0 saturated heterocycles. The van der Waals surface area contributed by atoms with E-state index in [1.54, 1.807) is 37.5 Å². The van der Waals surface area contributed by atoms with Gasteiger partial charge in [0.1, 0.15) is 12.4 Å². The number of methoxy groups -OCH3 is 1. The Morgan fingerprint density at radius 3 is 2.48 bits per heavy atom. The fourth-order valence-corrected chi connectivity index (χ4v) is 1.70. The van der Waals surface area contributed by atoms with Crippen LogP contribution in [0.1, 0.15) is 5.56 Å². The second-order valence-corrected chi connectivity index (χ2v) is 4.27. The van der Waals surface area contributed by atoms with Crippen molar-refractivity contribution in [3.63, 3.8) is 0 Å². The molecule has 1 amide bonds. The van der Waals surface area contributed by atoms with Crippen molar-refractivity contribution < 1.29 is 14.3 Å². The van der Waals surface area contributed by atoms with Crippen molar-refractivity contribution in [1.29, 1.82) is 0 Å². The first-order valence-electron chi connectivity index (χ1n) is 6.57. The summed E-state index contributed by atoms with van der Waals surface area (Å²) in [6.45, 7) is 0.219. The summed E-state index contributed by atoms with van der Waals surface area (Å²) in [5.41, 5.74) is 1.73. The highest BCUT2D eigenvalue weighted by Gasteiger charge is 2.01. The normalized spacial score (nSPS) is 10.3. The van der Waals surface area contributed by atoms with Gasteiger partial charge in [-0.3, -0.25) is 5.32 Å². The van der Waals surface area contributed by atoms with E-state index in [-0.39, 0.29) is 6.61 Å². The van der Waals surface area contributed by atoms with Crippen LogP contribution in [0.2, 0.25) is 0 Å². The zero-order chi connectivity index (χ0) is 14.9. The van der Waals surface area contributed by atoms with Gasteiger partial charge < -0.3 is 9.47 Å². The van der Waals surface area contributed by atoms with E-state index in [0.29, 0.717) is 5.69 Å². The molecular weight excluding hydrogens is 266 g/mol. The van der Waals surface area contributed by atoms with Crippen LogP contribution in [0, 0.1) is 0 Å². The zero-order valence-electron chi connectivity index (χ0n) is 11.8. The van der Waals surface area contributed by atoms with E-state index in [2.05, 4.69) is 5.32 Å². The third kappa shape index (κ3) is 5.03. The molecule has 108 valence electrons. The molecule has 0 atom stereocenters. The van der Waals surface area contributed by atoms with Gasteiger partial charge in [-0.2, -0.15) is 0 Å². The minimum absolute atomic E-state index is 0.219. The Labute approximate surface area is 124 Å². The van der Waals surface area contributed by atoms with Gasteiger partial charge in [0.05, 0.1) is 7.11 Å². The Kier molecular flexibility index (Phi) is 5.41. The van der Waals surface area contributed by atoms with Crippen molar-refractivity contribution in [2.45, 2.75) is 0 Å². The first kappa shape index (κ1) is 14.7. The molecule has 2 aromatic rings. The molecule has 0 aliphatic carbocycles. The Balaban J connectivity index is 1.75. The average molecular weight is 283 g/mol. The van der Waals surface area contributed by atoms with Crippen molar-refractivity contribution in [3.8, 4) is 5.75 Å². The van der Waals surface area contributed by atoms with Gasteiger partial charge >= 0.3 is 6.09 Å². The molecule has 0 fully saturated rings. The van der Waals surface area contributed by atoms with Gasteiger partial charge in [0.25, 0.3) is 0 Å². The third-order valence-electron chi connectivity index (χ3n) is 2.76. The van der Waals surface area contributed by atoms with Crippen LogP contribution < -0.4 is 10.1 Å². The second-order valence-electron chi connectivity index (χ2n) is 4.27. The first-order valence-corrected chi connectivity index (χ1v) is 6.57. The zero-order valence-corrected chi connectivity index (χ0v) is 11.8. The van der Waals surface area contributed by atoms with E-state index in [1.165, 1.54) is 0 Å². The molecule has 0 heterocycles. The van der Waals surface area contributed by atoms with Gasteiger partial charge in [0, 0.05) is 5.69 Å². The molecule has 0 aliphatic heterocycles. The molecule has 0 radical (unpaired) electrons. The largest absolute Gasteiger partial charge is 0.497 e. The summed E-state index contributed by atoms with van der Waals surface area (Å²) in [6.07, 6.45) is 3.21. The minimum atomic E-state index is -0.488. The second kappa shape index (κ2) is 7.75. The van der Waals surface area contributed by atoms with Crippen LogP contribution in [-0.4, -0.2) is 19.8 Å². The van der Waals surface area contributed by atoms with Crippen LogP contribution in [0.15, 0.2) is 60.7 Å². The number of amides is 1. The lowest BCUT2D eigenvalue weighted by atomic mass is 10.2. The van der Waals surface area contributed by atoms with Crippen LogP contribution in [0.5, 0.6) is 5.75 Å². The Morgan fingerprint density at radius 2 is 1.81 bits per heavy atom. The predicted octanol–water partition coefficient (Wildman–Crippen LogP) is 3.96. The first-order chi connectivity index (χ1) is 10.3. The van der Waals surface area contributed by atoms with Crippen LogP contribution >= 0.6 is 0 Å². The number of carbonyl (C=O) groups is 1. The van der Waals surface area contributed by atoms with Gasteiger partial charge in [0.15, 0.2) is 0 Å². The van der Waals surface area contributed by atoms with E-state index in [0.717, 1.165) is 11.3 Å². The fraction of sp³-hybridized carbons (Fsp3) is 0.118. The highest BCUT2D eigenvalue weighted by Crippen LogP contribution is 2.15. The summed E-state index contributed by atoms with van der Waals surface area (Å²) in [4.78, 5) is 11.6. The maximum absolute atomic E-state index is 11.6. The van der Waals surface area contributed by atoms with Gasteiger partial charge in [-0.25, -0.2) is 4.79 Å². The van der Waals surface area contributed by atoms with Crippen LogP contribution in [0.25, 0.3) is 6.08 Å². The minimum Gasteiger partial charge on any atom is -0.497 e. The Bertz CT molecular complexity index is 591. The SMILES string of the molecule is COc1ccc(NC(=O)OC/C=C/c2ccccc2)cc1. The summed E-state index contributed by atoms with van der Waals surface area (Å²) in [5.74, 6) is 0.736. The number of hydrogen-bond acceptors (Lipinski definition) is 3. The maximum Gasteiger partial charge on any atom is 0.411 e. The Hall–Kier alpha value is -2.75. The van der Waals surface area contributed by atoms with Crippen molar-refractivity contribution in [2.75, 3.05) is 19.0 Å². The molecule has 21 heavy (non-hydrogen) atoms. The van der Waals surface area contributed by atoms with Gasteiger partial charge in [-0.05, 0) is 35.9 Å². The number of ether oxygens (including phenoxy) is 2. The van der Waals surface area contributed by atoms with Crippen molar-refractivity contribution in [2.24, 2.45) is 0 Å². The number of carbonyl (C=O) groups excluding carboxylic acids is 1. The number of nitrogens with one attached hydrogen (secondary N) is 1. The molecule has 1 N–H and O–H groups in total. The summed E-state index contributed by atoms with van der Waals surface area (Å²) in [6, 6.07) is 16.9. The topological polar surface area (TPSA) is 47.6 Å². The van der Waals surface area contributed by atoms with Gasteiger partial charge in [-0.1, -0.05) is 36.4 Å². The lowest BCUT2D eigenvalue weighted by molar-refractivity contribution is 0.174. The van der Waals surface area contributed by atoms with E-state index in [1.807, 2.05) is 36.4 Å². The van der Waals surface area contributed by atoms with E-state index < -0.39 is 6.09 Å². The molecular formula is C17H17NO3. The molecule has 0 saturated carbocycles. The molecule has 0 bridgehead atoms. The molecule has 4 heteroatoms. The average Bonchev–Trinajstić information content (AvgIpc) is 2.53. The molecule has 2 rings (SSSR count). The number of hydrogen-bond donors (Lipinski definition) is 1. The summed E-state index contributed by atoms with van der Waals surface area (Å²) >= 11 is 0. The highest BCUT2D eigenvalue weighted by atomic mass is 16.5. The van der Waals surface area contributed by atoms with Gasteiger partial charge in [-0.15, -0.1) is 0 Å². The number of anilines is 1. The van der Waals surface area contributed by atoms with Gasteiger partial charge in [0.2, 0.25) is 0 Å². The summed E-state index contributed by atoms with van der Waals surface area (Å²) < 4.78 is 10.1. The molecule has 0 unspecified atom stereocenters. The predicted molar refractivity (Wildman–Crippen MR) is 83.4 cm³/mol. The summed E-state index contributed by atoms with van der Waals surface area (Å²) in [5, 5.41) is 2.64. The van der Waals surface area contributed by atoms with E-state index >= 15 is 0 Å². The number of benzene rings is 2.